The zero-order chi connectivity index (χ0) is 20.5. The van der Waals surface area contributed by atoms with Crippen LogP contribution in [0.25, 0.3) is 0 Å². The van der Waals surface area contributed by atoms with E-state index in [4.69, 9.17) is 4.74 Å². The number of sulfone groups is 1. The first-order valence-corrected chi connectivity index (χ1v) is 11.1. The molecule has 0 radical (unpaired) electrons. The fraction of sp³-hybridized carbons (Fsp3) is 0.176. The summed E-state index contributed by atoms with van der Waals surface area (Å²) < 4.78 is 57.7. The number of hydrogen-bond acceptors (Lipinski definition) is 7. The second-order valence-electron chi connectivity index (χ2n) is 6.02. The highest BCUT2D eigenvalue weighted by Crippen LogP contribution is 2.29. The Morgan fingerprint density at radius 2 is 1.96 bits per heavy atom. The molecule has 1 heterocycles. The number of carbonyl (C=O) groups excluding carboxylic acids is 1. The van der Waals surface area contributed by atoms with Gasteiger partial charge < -0.3 is 15.4 Å². The molecule has 0 spiro atoms. The number of anilines is 2. The van der Waals surface area contributed by atoms with Gasteiger partial charge in [-0.05, 0) is 42.8 Å². The predicted octanol–water partition coefficient (Wildman–Crippen LogP) is 1.56. The number of methoxy groups -OCH3 is 1. The van der Waals surface area contributed by atoms with Gasteiger partial charge in [0.05, 0.1) is 23.4 Å². The molecule has 0 aliphatic carbocycles. The zero-order valence-corrected chi connectivity index (χ0v) is 16.6. The van der Waals surface area contributed by atoms with Crippen LogP contribution in [-0.2, 0) is 24.7 Å². The minimum absolute atomic E-state index is 0.211. The number of rotatable bonds is 5. The predicted molar refractivity (Wildman–Crippen MR) is 104 cm³/mol. The average molecular weight is 423 g/mol. The van der Waals surface area contributed by atoms with Crippen LogP contribution in [0.15, 0.2) is 50.6 Å². The molecule has 2 N–H and O–H groups in total. The van der Waals surface area contributed by atoms with E-state index in [0.29, 0.717) is 11.4 Å². The molecule has 1 aliphatic heterocycles. The lowest BCUT2D eigenvalue weighted by Gasteiger charge is -2.14. The van der Waals surface area contributed by atoms with E-state index in [1.165, 1.54) is 19.2 Å². The molecule has 0 atom stereocenters. The van der Waals surface area contributed by atoms with E-state index in [0.717, 1.165) is 18.0 Å². The van der Waals surface area contributed by atoms with E-state index in [9.17, 15) is 21.6 Å². The Labute approximate surface area is 162 Å². The van der Waals surface area contributed by atoms with Gasteiger partial charge in [-0.3, -0.25) is 4.79 Å². The number of ether oxygens (including phenoxy) is 1. The molecule has 0 bridgehead atoms. The Hall–Kier alpha value is -2.92. The lowest BCUT2D eigenvalue weighted by atomic mass is 10.2. The number of hydrogen-bond donors (Lipinski definition) is 2. The third-order valence-corrected chi connectivity index (χ3v) is 6.84. The molecule has 148 valence electrons. The Morgan fingerprint density at radius 1 is 1.21 bits per heavy atom. The van der Waals surface area contributed by atoms with Crippen molar-refractivity contribution in [1.29, 1.82) is 0 Å². The number of aryl methyl sites for hydroxylation is 1. The molecular weight excluding hydrogens is 406 g/mol. The number of sulfonamides is 1. The Bertz CT molecular complexity index is 1190. The molecule has 0 saturated carbocycles. The van der Waals surface area contributed by atoms with Gasteiger partial charge in [0.2, 0.25) is 5.91 Å². The molecule has 2 aromatic carbocycles. The van der Waals surface area contributed by atoms with Crippen LogP contribution in [0.3, 0.4) is 0 Å². The molecule has 1 aliphatic rings. The molecule has 2 aromatic rings. The molecule has 0 aromatic heterocycles. The van der Waals surface area contributed by atoms with Crippen LogP contribution in [0.5, 0.6) is 5.75 Å². The van der Waals surface area contributed by atoms with Crippen molar-refractivity contribution in [3.05, 3.63) is 42.0 Å². The summed E-state index contributed by atoms with van der Waals surface area (Å²) in [4.78, 5) is 11.7. The zero-order valence-electron chi connectivity index (χ0n) is 15.0. The first-order chi connectivity index (χ1) is 13.1. The van der Waals surface area contributed by atoms with Gasteiger partial charge in [-0.25, -0.2) is 8.42 Å². The highest BCUT2D eigenvalue weighted by atomic mass is 32.2. The summed E-state index contributed by atoms with van der Waals surface area (Å²) in [7, 11) is -6.65. The maximum Gasteiger partial charge on any atom is 0.285 e. The van der Waals surface area contributed by atoms with Gasteiger partial charge in [-0.1, -0.05) is 6.07 Å². The minimum Gasteiger partial charge on any atom is -0.495 e. The van der Waals surface area contributed by atoms with Crippen LogP contribution in [0, 0.1) is 6.92 Å². The summed E-state index contributed by atoms with van der Waals surface area (Å²) in [6.07, 6.45) is 1.01. The lowest BCUT2D eigenvalue weighted by Crippen LogP contribution is -2.23. The number of nitrogens with one attached hydrogen (secondary N) is 2. The highest BCUT2D eigenvalue weighted by Gasteiger charge is 2.26. The molecule has 0 fully saturated rings. The molecule has 11 heteroatoms. The molecule has 0 unspecified atom stereocenters. The van der Waals surface area contributed by atoms with E-state index in [2.05, 4.69) is 15.0 Å². The van der Waals surface area contributed by atoms with E-state index < -0.39 is 31.5 Å². The number of benzene rings is 2. The minimum atomic E-state index is -4.09. The maximum absolute atomic E-state index is 12.6. The molecule has 28 heavy (non-hydrogen) atoms. The van der Waals surface area contributed by atoms with Crippen molar-refractivity contribution < 1.29 is 26.4 Å². The number of carbonyl (C=O) groups is 1. The van der Waals surface area contributed by atoms with E-state index in [1.54, 1.807) is 18.2 Å². The van der Waals surface area contributed by atoms with Crippen LogP contribution in [0.4, 0.5) is 11.4 Å². The summed E-state index contributed by atoms with van der Waals surface area (Å²) in [6.45, 7) is 1.82. The highest BCUT2D eigenvalue weighted by molar-refractivity contribution is 7.92. The quantitative estimate of drug-likeness (QED) is 0.746. The van der Waals surface area contributed by atoms with Crippen molar-refractivity contribution in [2.45, 2.75) is 16.7 Å². The summed E-state index contributed by atoms with van der Waals surface area (Å²) >= 11 is 0. The smallest absolute Gasteiger partial charge is 0.285 e. The average Bonchev–Trinajstić information content (AvgIpc) is 2.61. The summed E-state index contributed by atoms with van der Waals surface area (Å²) in [5, 5.41) is 5.14. The number of nitrogens with zero attached hydrogens (tertiary/aromatic N) is 1. The number of amides is 1. The van der Waals surface area contributed by atoms with E-state index in [-0.39, 0.29) is 15.5 Å². The topological polar surface area (TPSA) is 131 Å². The largest absolute Gasteiger partial charge is 0.495 e. The van der Waals surface area contributed by atoms with Gasteiger partial charge in [0, 0.05) is 0 Å². The van der Waals surface area contributed by atoms with E-state index in [1.807, 2.05) is 6.92 Å². The normalized spacial score (nSPS) is 14.6. The van der Waals surface area contributed by atoms with E-state index >= 15 is 0 Å². The number of fused-ring (bicyclic) bond motifs is 1. The molecule has 9 nitrogen and oxygen atoms in total. The molecule has 1 amide bonds. The second-order valence-corrected chi connectivity index (χ2v) is 9.61. The monoisotopic (exact) mass is 423 g/mol. The fourth-order valence-corrected chi connectivity index (χ4v) is 4.83. The van der Waals surface area contributed by atoms with Crippen LogP contribution >= 0.6 is 0 Å². The second kappa shape index (κ2) is 7.24. The van der Waals surface area contributed by atoms with Crippen molar-refractivity contribution in [3.8, 4) is 5.75 Å². The fourth-order valence-electron chi connectivity index (χ4n) is 2.61. The maximum atomic E-state index is 12.6. The van der Waals surface area contributed by atoms with Crippen molar-refractivity contribution in [2.24, 2.45) is 4.40 Å². The lowest BCUT2D eigenvalue weighted by molar-refractivity contribution is -0.113. The third-order valence-electron chi connectivity index (χ3n) is 3.95. The van der Waals surface area contributed by atoms with Crippen LogP contribution in [0.2, 0.25) is 0 Å². The summed E-state index contributed by atoms with van der Waals surface area (Å²) in [5.41, 5.74) is 1.41. The third kappa shape index (κ3) is 3.99. The van der Waals surface area contributed by atoms with Crippen molar-refractivity contribution in [3.63, 3.8) is 0 Å². The molecular formula is C17H17N3O6S2. The van der Waals surface area contributed by atoms with Crippen molar-refractivity contribution in [1.82, 2.24) is 0 Å². The van der Waals surface area contributed by atoms with Crippen molar-refractivity contribution >= 4 is 43.5 Å². The SMILES string of the molecule is COc1ccc(C)cc1NC(=O)CS(=O)(=O)c1ccc2c(c1)S(=O)(=O)N=CN2. The van der Waals surface area contributed by atoms with Crippen LogP contribution in [0.1, 0.15) is 5.56 Å². The van der Waals surface area contributed by atoms with Gasteiger partial charge in [0.25, 0.3) is 10.0 Å². The van der Waals surface area contributed by atoms with Gasteiger partial charge in [0.1, 0.15) is 22.7 Å². The first-order valence-electron chi connectivity index (χ1n) is 7.99. The Morgan fingerprint density at radius 3 is 2.68 bits per heavy atom. The molecule has 0 saturated heterocycles. The van der Waals surface area contributed by atoms with Crippen LogP contribution < -0.4 is 15.4 Å². The van der Waals surface area contributed by atoms with Gasteiger partial charge in [-0.15, -0.1) is 4.40 Å². The van der Waals surface area contributed by atoms with Gasteiger partial charge in [0.15, 0.2) is 9.84 Å². The van der Waals surface area contributed by atoms with Crippen LogP contribution in [-0.4, -0.2) is 41.9 Å². The van der Waals surface area contributed by atoms with Crippen molar-refractivity contribution in [2.75, 3.05) is 23.5 Å². The van der Waals surface area contributed by atoms with Gasteiger partial charge in [-0.2, -0.15) is 8.42 Å². The van der Waals surface area contributed by atoms with Gasteiger partial charge >= 0.3 is 0 Å². The summed E-state index contributed by atoms with van der Waals surface area (Å²) in [6, 6.07) is 8.63. The molecule has 3 rings (SSSR count). The Kier molecular flexibility index (Phi) is 5.13. The first kappa shape index (κ1) is 19.8. The standard InChI is InChI=1S/C17H17N3O6S2/c1-11-3-6-15(26-2)14(7-11)20-17(21)9-27(22,23)12-4-5-13-16(8-12)28(24,25)19-10-18-13/h3-8,10H,9H2,1-2H3,(H,18,19)(H,20,21). The Balaban J connectivity index is 1.85. The summed E-state index contributed by atoms with van der Waals surface area (Å²) in [5.74, 6) is -1.25.